The summed E-state index contributed by atoms with van der Waals surface area (Å²) >= 11 is 0. The van der Waals surface area contributed by atoms with E-state index in [1.807, 2.05) is 0 Å². The first-order valence-corrected chi connectivity index (χ1v) is 13.3. The molecule has 0 aromatic heterocycles. The van der Waals surface area contributed by atoms with Crippen LogP contribution >= 0.6 is 0 Å². The molecule has 4 heteroatoms. The van der Waals surface area contributed by atoms with Crippen LogP contribution in [0.2, 0.25) is 0 Å². The van der Waals surface area contributed by atoms with E-state index in [9.17, 15) is 8.78 Å². The average Bonchev–Trinajstić information content (AvgIpc) is 2.83. The Kier molecular flexibility index (Phi) is 8.48. The topological polar surface area (TPSA) is 18.5 Å². The SMILES string of the molecule is CCC[C@H]1CC[C@H]([C@H]2CC[C@H]([C@H]3CC[C@H](c4ccc(OCC)c(F)c4F)CC3)CO2)CC1. The molecule has 0 unspecified atom stereocenters. The molecule has 1 aromatic rings. The van der Waals surface area contributed by atoms with E-state index < -0.39 is 11.6 Å². The third-order valence-corrected chi connectivity index (χ3v) is 8.72. The van der Waals surface area contributed by atoms with Gasteiger partial charge in [-0.3, -0.25) is 0 Å². The fourth-order valence-electron chi connectivity index (χ4n) is 6.82. The van der Waals surface area contributed by atoms with Crippen LogP contribution in [0, 0.1) is 35.3 Å². The van der Waals surface area contributed by atoms with Crippen molar-refractivity contribution < 1.29 is 18.3 Å². The molecule has 2 saturated carbocycles. The summed E-state index contributed by atoms with van der Waals surface area (Å²) in [4.78, 5) is 0. The van der Waals surface area contributed by atoms with Crippen LogP contribution in [0.15, 0.2) is 12.1 Å². The van der Waals surface area contributed by atoms with Crippen molar-refractivity contribution in [2.24, 2.45) is 23.7 Å². The fourth-order valence-corrected chi connectivity index (χ4v) is 6.82. The van der Waals surface area contributed by atoms with Gasteiger partial charge in [0.1, 0.15) is 0 Å². The lowest BCUT2D eigenvalue weighted by atomic mass is 9.71. The molecular formula is C28H42F2O2. The Morgan fingerprint density at radius 2 is 1.50 bits per heavy atom. The Labute approximate surface area is 193 Å². The summed E-state index contributed by atoms with van der Waals surface area (Å²) in [5.74, 6) is 1.64. The predicted molar refractivity (Wildman–Crippen MR) is 125 cm³/mol. The van der Waals surface area contributed by atoms with Crippen molar-refractivity contribution in [2.75, 3.05) is 13.2 Å². The molecule has 2 nitrogen and oxygen atoms in total. The molecule has 2 atom stereocenters. The van der Waals surface area contributed by atoms with E-state index in [0.29, 0.717) is 30.1 Å². The van der Waals surface area contributed by atoms with E-state index in [2.05, 4.69) is 6.92 Å². The first-order chi connectivity index (χ1) is 15.6. The summed E-state index contributed by atoms with van der Waals surface area (Å²) in [5, 5.41) is 0. The number of ether oxygens (including phenoxy) is 2. The Hall–Kier alpha value is -1.16. The van der Waals surface area contributed by atoms with Gasteiger partial charge in [-0.15, -0.1) is 0 Å². The highest BCUT2D eigenvalue weighted by Gasteiger charge is 2.36. The molecule has 1 saturated heterocycles. The van der Waals surface area contributed by atoms with Gasteiger partial charge >= 0.3 is 0 Å². The summed E-state index contributed by atoms with van der Waals surface area (Å²) in [6.45, 7) is 5.32. The van der Waals surface area contributed by atoms with Crippen molar-refractivity contribution >= 4 is 0 Å². The minimum absolute atomic E-state index is 0.0233. The largest absolute Gasteiger partial charge is 0.491 e. The van der Waals surface area contributed by atoms with Crippen molar-refractivity contribution in [3.05, 3.63) is 29.3 Å². The molecule has 3 fully saturated rings. The second-order valence-electron chi connectivity index (χ2n) is 10.6. The summed E-state index contributed by atoms with van der Waals surface area (Å²) in [7, 11) is 0. The van der Waals surface area contributed by atoms with Gasteiger partial charge in [-0.1, -0.05) is 38.7 Å². The maximum atomic E-state index is 14.6. The third-order valence-electron chi connectivity index (χ3n) is 8.72. The maximum Gasteiger partial charge on any atom is 0.200 e. The van der Waals surface area contributed by atoms with E-state index in [1.54, 1.807) is 19.1 Å². The molecule has 1 aromatic carbocycles. The van der Waals surface area contributed by atoms with Crippen molar-refractivity contribution in [3.63, 3.8) is 0 Å². The van der Waals surface area contributed by atoms with Gasteiger partial charge in [0.15, 0.2) is 11.6 Å². The molecule has 0 amide bonds. The van der Waals surface area contributed by atoms with Crippen molar-refractivity contribution in [1.82, 2.24) is 0 Å². The molecule has 0 bridgehead atoms. The molecule has 180 valence electrons. The van der Waals surface area contributed by atoms with Crippen LogP contribution in [0.1, 0.15) is 102 Å². The molecule has 1 heterocycles. The Bertz CT molecular complexity index is 712. The smallest absolute Gasteiger partial charge is 0.200 e. The highest BCUT2D eigenvalue weighted by atomic mass is 19.2. The van der Waals surface area contributed by atoms with Crippen LogP contribution in [0.3, 0.4) is 0 Å². The Balaban J connectivity index is 1.23. The van der Waals surface area contributed by atoms with Crippen LogP contribution in [-0.4, -0.2) is 19.3 Å². The number of hydrogen-bond acceptors (Lipinski definition) is 2. The first kappa shape index (κ1) is 24.0. The van der Waals surface area contributed by atoms with Crippen LogP contribution in [0.5, 0.6) is 5.75 Å². The van der Waals surface area contributed by atoms with Crippen LogP contribution in [0.25, 0.3) is 0 Å². The molecule has 1 aliphatic heterocycles. The minimum atomic E-state index is -0.832. The number of halogens is 2. The summed E-state index contributed by atoms with van der Waals surface area (Å²) in [6, 6.07) is 3.33. The zero-order valence-electron chi connectivity index (χ0n) is 20.1. The average molecular weight is 449 g/mol. The molecule has 4 rings (SSSR count). The molecule has 0 radical (unpaired) electrons. The van der Waals surface area contributed by atoms with Crippen molar-refractivity contribution in [1.29, 1.82) is 0 Å². The number of benzene rings is 1. The van der Waals surface area contributed by atoms with E-state index in [1.165, 1.54) is 51.4 Å². The quantitative estimate of drug-likeness (QED) is 0.420. The van der Waals surface area contributed by atoms with E-state index in [-0.39, 0.29) is 11.7 Å². The van der Waals surface area contributed by atoms with Gasteiger partial charge in [-0.05, 0) is 99.5 Å². The molecule has 32 heavy (non-hydrogen) atoms. The summed E-state index contributed by atoms with van der Waals surface area (Å²) < 4.78 is 40.6. The lowest BCUT2D eigenvalue weighted by Crippen LogP contribution is -2.37. The summed E-state index contributed by atoms with van der Waals surface area (Å²) in [6.07, 6.45) is 15.3. The third kappa shape index (κ3) is 5.48. The van der Waals surface area contributed by atoms with E-state index in [0.717, 1.165) is 44.1 Å². The molecular weight excluding hydrogens is 406 g/mol. The molecule has 0 N–H and O–H groups in total. The van der Waals surface area contributed by atoms with Crippen LogP contribution < -0.4 is 4.74 Å². The van der Waals surface area contributed by atoms with Gasteiger partial charge < -0.3 is 9.47 Å². The van der Waals surface area contributed by atoms with Crippen LogP contribution in [0.4, 0.5) is 8.78 Å². The van der Waals surface area contributed by atoms with E-state index in [4.69, 9.17) is 9.47 Å². The monoisotopic (exact) mass is 448 g/mol. The van der Waals surface area contributed by atoms with Gasteiger partial charge in [-0.2, -0.15) is 4.39 Å². The molecule has 2 aliphatic carbocycles. The zero-order valence-corrected chi connectivity index (χ0v) is 20.1. The minimum Gasteiger partial charge on any atom is -0.491 e. The standard InChI is InChI=1S/C28H42F2O2/c1-3-5-19-6-8-22(9-7-19)25-16-14-23(18-32-25)20-10-12-21(13-11-20)24-15-17-26(31-4-2)28(30)27(24)29/h15,17,19-23,25H,3-14,16,18H2,1-2H3/t19-,20-,21-,22-,23-,25+/m0/s1. The van der Waals surface area contributed by atoms with Gasteiger partial charge in [0.25, 0.3) is 0 Å². The maximum absolute atomic E-state index is 14.6. The van der Waals surface area contributed by atoms with Gasteiger partial charge in [0.2, 0.25) is 5.82 Å². The number of rotatable bonds is 7. The zero-order chi connectivity index (χ0) is 22.5. The Morgan fingerprint density at radius 1 is 0.812 bits per heavy atom. The lowest BCUT2D eigenvalue weighted by Gasteiger charge is -2.41. The number of hydrogen-bond donors (Lipinski definition) is 0. The Morgan fingerprint density at radius 3 is 2.12 bits per heavy atom. The second-order valence-corrected chi connectivity index (χ2v) is 10.6. The molecule has 0 spiro atoms. The lowest BCUT2D eigenvalue weighted by molar-refractivity contribution is -0.0732. The predicted octanol–water partition coefficient (Wildman–Crippen LogP) is 8.04. The normalized spacial score (nSPS) is 33.8. The van der Waals surface area contributed by atoms with Gasteiger partial charge in [-0.25, -0.2) is 4.39 Å². The summed E-state index contributed by atoms with van der Waals surface area (Å²) in [5.41, 5.74) is 0.531. The van der Waals surface area contributed by atoms with Crippen molar-refractivity contribution in [2.45, 2.75) is 103 Å². The second kappa shape index (κ2) is 11.3. The first-order valence-electron chi connectivity index (χ1n) is 13.3. The fraction of sp³-hybridized carbons (Fsp3) is 0.786. The van der Waals surface area contributed by atoms with Gasteiger partial charge in [0, 0.05) is 0 Å². The van der Waals surface area contributed by atoms with E-state index >= 15 is 0 Å². The van der Waals surface area contributed by atoms with Gasteiger partial charge in [0.05, 0.1) is 19.3 Å². The molecule has 3 aliphatic rings. The van der Waals surface area contributed by atoms with Crippen molar-refractivity contribution in [3.8, 4) is 5.75 Å². The van der Waals surface area contributed by atoms with Crippen LogP contribution in [-0.2, 0) is 4.74 Å². The highest BCUT2D eigenvalue weighted by molar-refractivity contribution is 5.33. The highest BCUT2D eigenvalue weighted by Crippen LogP contribution is 2.44.